The summed E-state index contributed by atoms with van der Waals surface area (Å²) in [7, 11) is 0. The van der Waals surface area contributed by atoms with Gasteiger partial charge in [-0.2, -0.15) is 0 Å². The number of nitrogens with one attached hydrogen (secondary N) is 1. The van der Waals surface area contributed by atoms with Crippen molar-refractivity contribution in [2.45, 2.75) is 0 Å². The van der Waals surface area contributed by atoms with Crippen molar-refractivity contribution in [2.75, 3.05) is 13.2 Å². The lowest BCUT2D eigenvalue weighted by Gasteiger charge is -1.95. The zero-order valence-electron chi connectivity index (χ0n) is 4.63. The minimum Gasteiger partial charge on any atom is -0.472 e. The number of carbonyl (C=O) groups excluding carboxylic acids is 1. The van der Waals surface area contributed by atoms with E-state index >= 15 is 0 Å². The van der Waals surface area contributed by atoms with E-state index in [2.05, 4.69) is 9.73 Å². The van der Waals surface area contributed by atoms with Gasteiger partial charge in [-0.1, -0.05) is 0 Å². The minimum atomic E-state index is -0.687. The summed E-state index contributed by atoms with van der Waals surface area (Å²) in [6, 6.07) is 0. The molecule has 1 rings (SSSR count). The van der Waals surface area contributed by atoms with Crippen molar-refractivity contribution in [3.63, 3.8) is 0 Å². The lowest BCUT2D eigenvalue weighted by atomic mass is 10.6. The Labute approximate surface area is 51.3 Å². The summed E-state index contributed by atoms with van der Waals surface area (Å²) in [6.45, 7) is 0.908. The van der Waals surface area contributed by atoms with Crippen LogP contribution in [0.5, 0.6) is 0 Å². The topological polar surface area (TPSA) is 70.9 Å². The third kappa shape index (κ3) is 1.17. The van der Waals surface area contributed by atoms with Crippen LogP contribution in [0.25, 0.3) is 0 Å². The quantitative estimate of drug-likeness (QED) is 0.350. The van der Waals surface area contributed by atoms with Crippen molar-refractivity contribution in [3.8, 4) is 0 Å². The molecule has 1 aliphatic rings. The molecule has 0 bridgehead atoms. The molecule has 0 unspecified atom stereocenters. The Hall–Kier alpha value is -1.10. The SMILES string of the molecule is O=C(NO)C1=NCCO1. The van der Waals surface area contributed by atoms with Crippen LogP contribution in [-0.4, -0.2) is 30.2 Å². The molecule has 0 saturated heterocycles. The summed E-state index contributed by atoms with van der Waals surface area (Å²) >= 11 is 0. The fourth-order valence-corrected chi connectivity index (χ4v) is 0.520. The maximum atomic E-state index is 10.4. The summed E-state index contributed by atoms with van der Waals surface area (Å²) in [4.78, 5) is 14.0. The summed E-state index contributed by atoms with van der Waals surface area (Å²) in [6.07, 6.45) is 0. The molecule has 0 saturated carbocycles. The largest absolute Gasteiger partial charge is 0.472 e. The predicted octanol–water partition coefficient (Wildman–Crippen LogP) is -1.08. The number of rotatable bonds is 1. The van der Waals surface area contributed by atoms with Gasteiger partial charge < -0.3 is 4.74 Å². The second-order valence-electron chi connectivity index (χ2n) is 1.48. The van der Waals surface area contributed by atoms with Gasteiger partial charge in [0.25, 0.3) is 5.90 Å². The zero-order valence-corrected chi connectivity index (χ0v) is 4.63. The molecule has 5 heteroatoms. The highest BCUT2D eigenvalue weighted by molar-refractivity contribution is 6.35. The Morgan fingerprint density at radius 2 is 2.67 bits per heavy atom. The smallest absolute Gasteiger partial charge is 0.329 e. The van der Waals surface area contributed by atoms with E-state index in [1.807, 2.05) is 0 Å². The van der Waals surface area contributed by atoms with Gasteiger partial charge in [0.2, 0.25) is 0 Å². The summed E-state index contributed by atoms with van der Waals surface area (Å²) < 4.78 is 4.68. The summed E-state index contributed by atoms with van der Waals surface area (Å²) in [5.41, 5.74) is 1.41. The molecule has 0 atom stereocenters. The average molecular weight is 130 g/mol. The normalized spacial score (nSPS) is 16.3. The van der Waals surface area contributed by atoms with Crippen LogP contribution in [0.4, 0.5) is 0 Å². The maximum Gasteiger partial charge on any atom is 0.329 e. The number of nitrogens with zero attached hydrogens (tertiary/aromatic N) is 1. The summed E-state index contributed by atoms with van der Waals surface area (Å²) in [5, 5.41) is 8.03. The fourth-order valence-electron chi connectivity index (χ4n) is 0.520. The van der Waals surface area contributed by atoms with E-state index in [9.17, 15) is 4.79 Å². The highest BCUT2D eigenvalue weighted by atomic mass is 16.5. The van der Waals surface area contributed by atoms with Crippen molar-refractivity contribution in [2.24, 2.45) is 4.99 Å². The summed E-state index contributed by atoms with van der Waals surface area (Å²) in [5.74, 6) is -0.731. The Bertz CT molecular complexity index is 154. The predicted molar refractivity (Wildman–Crippen MR) is 28.2 cm³/mol. The highest BCUT2D eigenvalue weighted by Gasteiger charge is 2.15. The molecule has 2 N–H and O–H groups in total. The monoisotopic (exact) mass is 130 g/mol. The maximum absolute atomic E-state index is 10.4. The van der Waals surface area contributed by atoms with Crippen LogP contribution in [0, 0.1) is 0 Å². The molecule has 1 amide bonds. The second kappa shape index (κ2) is 2.45. The lowest BCUT2D eigenvalue weighted by molar-refractivity contribution is -0.123. The first kappa shape index (κ1) is 6.03. The number of carbonyl (C=O) groups is 1. The fraction of sp³-hybridized carbons (Fsp3) is 0.500. The molecule has 1 aliphatic heterocycles. The van der Waals surface area contributed by atoms with Gasteiger partial charge in [-0.3, -0.25) is 10.0 Å². The number of aliphatic imine (C=N–C) groups is 1. The molecule has 50 valence electrons. The third-order valence-electron chi connectivity index (χ3n) is 0.881. The first-order valence-electron chi connectivity index (χ1n) is 2.46. The Balaban J connectivity index is 2.51. The van der Waals surface area contributed by atoms with E-state index in [1.54, 1.807) is 0 Å². The van der Waals surface area contributed by atoms with Gasteiger partial charge in [-0.25, -0.2) is 10.5 Å². The zero-order chi connectivity index (χ0) is 6.69. The number of hydrogen-bond donors (Lipinski definition) is 2. The van der Waals surface area contributed by atoms with Crippen LogP contribution in [0.15, 0.2) is 4.99 Å². The van der Waals surface area contributed by atoms with Gasteiger partial charge in [0, 0.05) is 0 Å². The number of hydrogen-bond acceptors (Lipinski definition) is 4. The van der Waals surface area contributed by atoms with Crippen LogP contribution >= 0.6 is 0 Å². The van der Waals surface area contributed by atoms with Crippen molar-refractivity contribution in [3.05, 3.63) is 0 Å². The van der Waals surface area contributed by atoms with E-state index in [0.717, 1.165) is 0 Å². The second-order valence-corrected chi connectivity index (χ2v) is 1.48. The number of ether oxygens (including phenoxy) is 1. The molecular weight excluding hydrogens is 124 g/mol. The number of amides is 1. The van der Waals surface area contributed by atoms with Crippen LogP contribution in [0.1, 0.15) is 0 Å². The van der Waals surface area contributed by atoms with E-state index in [1.165, 1.54) is 5.48 Å². The molecule has 0 aromatic heterocycles. The first-order valence-corrected chi connectivity index (χ1v) is 2.46. The van der Waals surface area contributed by atoms with Gasteiger partial charge in [-0.05, 0) is 0 Å². The molecular formula is C4H6N2O3. The molecule has 1 heterocycles. The molecule has 0 aliphatic carbocycles. The third-order valence-corrected chi connectivity index (χ3v) is 0.881. The standard InChI is InChI=1S/C4H6N2O3/c7-3(6-8)4-5-1-2-9-4/h8H,1-2H2,(H,6,7). The molecule has 0 fully saturated rings. The van der Waals surface area contributed by atoms with Crippen LogP contribution in [0.2, 0.25) is 0 Å². The van der Waals surface area contributed by atoms with E-state index < -0.39 is 5.91 Å². The van der Waals surface area contributed by atoms with Gasteiger partial charge in [-0.15, -0.1) is 0 Å². The first-order chi connectivity index (χ1) is 4.34. The lowest BCUT2D eigenvalue weighted by Crippen LogP contribution is -2.28. The van der Waals surface area contributed by atoms with Gasteiger partial charge in [0.15, 0.2) is 0 Å². The van der Waals surface area contributed by atoms with E-state index in [4.69, 9.17) is 5.21 Å². The van der Waals surface area contributed by atoms with Crippen molar-refractivity contribution < 1.29 is 14.7 Å². The highest BCUT2D eigenvalue weighted by Crippen LogP contribution is 1.92. The molecule has 5 nitrogen and oxygen atoms in total. The van der Waals surface area contributed by atoms with Gasteiger partial charge >= 0.3 is 5.91 Å². The van der Waals surface area contributed by atoms with Gasteiger partial charge in [0.05, 0.1) is 6.54 Å². The van der Waals surface area contributed by atoms with Crippen LogP contribution in [0.3, 0.4) is 0 Å². The van der Waals surface area contributed by atoms with E-state index in [0.29, 0.717) is 13.2 Å². The average Bonchev–Trinajstić information content (AvgIpc) is 2.37. The van der Waals surface area contributed by atoms with Crippen molar-refractivity contribution >= 4 is 11.8 Å². The Kier molecular flexibility index (Phi) is 1.64. The van der Waals surface area contributed by atoms with Crippen molar-refractivity contribution in [1.82, 2.24) is 5.48 Å². The molecule has 0 radical (unpaired) electrons. The molecule has 0 spiro atoms. The molecule has 0 aromatic carbocycles. The van der Waals surface area contributed by atoms with Crippen molar-refractivity contribution in [1.29, 1.82) is 0 Å². The molecule has 0 aromatic rings. The van der Waals surface area contributed by atoms with Crippen LogP contribution in [-0.2, 0) is 9.53 Å². The van der Waals surface area contributed by atoms with Crippen LogP contribution < -0.4 is 5.48 Å². The molecule has 9 heavy (non-hydrogen) atoms. The Morgan fingerprint density at radius 3 is 3.11 bits per heavy atom. The number of hydroxylamine groups is 1. The van der Waals surface area contributed by atoms with E-state index in [-0.39, 0.29) is 5.90 Å². The minimum absolute atomic E-state index is 0.0440. The van der Waals surface area contributed by atoms with Gasteiger partial charge in [0.1, 0.15) is 6.61 Å². The Morgan fingerprint density at radius 1 is 1.89 bits per heavy atom.